The van der Waals surface area contributed by atoms with Crippen molar-refractivity contribution in [2.24, 2.45) is 5.92 Å². The molecule has 0 aromatic rings. The predicted molar refractivity (Wildman–Crippen MR) is 174 cm³/mol. The fourth-order valence-electron chi connectivity index (χ4n) is 5.38. The molecule has 4 nitrogen and oxygen atoms in total. The lowest BCUT2D eigenvalue weighted by atomic mass is 9.94. The highest BCUT2D eigenvalue weighted by atomic mass is 16.4. The summed E-state index contributed by atoms with van der Waals surface area (Å²) < 4.78 is 0. The van der Waals surface area contributed by atoms with Crippen LogP contribution in [0.4, 0.5) is 0 Å². The number of unbranched alkanes of at least 4 members (excludes halogenated alkanes) is 24. The SMILES string of the molecule is CCCCCCCCC(CCCCCCCC)C(=O)O.CCCCCCCCCCCCCCCCCC(=O)O. The van der Waals surface area contributed by atoms with Crippen LogP contribution in [0.5, 0.6) is 0 Å². The number of aliphatic carboxylic acids is 2. The first-order chi connectivity index (χ1) is 19.5. The van der Waals surface area contributed by atoms with Crippen molar-refractivity contribution in [1.29, 1.82) is 0 Å². The van der Waals surface area contributed by atoms with Gasteiger partial charge in [0.15, 0.2) is 0 Å². The van der Waals surface area contributed by atoms with Crippen molar-refractivity contribution in [2.75, 3.05) is 0 Å². The van der Waals surface area contributed by atoms with E-state index in [1.165, 1.54) is 148 Å². The van der Waals surface area contributed by atoms with Crippen LogP contribution in [0, 0.1) is 5.92 Å². The molecule has 0 aliphatic rings. The molecule has 2 N–H and O–H groups in total. The second kappa shape index (κ2) is 36.0. The molecular formula is C36H72O4. The van der Waals surface area contributed by atoms with Crippen molar-refractivity contribution < 1.29 is 19.8 Å². The molecule has 0 unspecified atom stereocenters. The van der Waals surface area contributed by atoms with E-state index in [1.54, 1.807) is 0 Å². The first-order valence-electron chi connectivity index (χ1n) is 17.9. The third kappa shape index (κ3) is 36.9. The smallest absolute Gasteiger partial charge is 0.306 e. The van der Waals surface area contributed by atoms with Crippen LogP contribution < -0.4 is 0 Å². The third-order valence-corrected chi connectivity index (χ3v) is 8.16. The molecule has 0 rings (SSSR count). The number of hydrogen-bond acceptors (Lipinski definition) is 2. The largest absolute Gasteiger partial charge is 0.481 e. The van der Waals surface area contributed by atoms with E-state index < -0.39 is 11.9 Å². The maximum Gasteiger partial charge on any atom is 0.306 e. The Morgan fingerprint density at radius 1 is 0.400 bits per heavy atom. The van der Waals surface area contributed by atoms with Crippen LogP contribution in [0.1, 0.15) is 213 Å². The topological polar surface area (TPSA) is 74.6 Å². The maximum atomic E-state index is 11.2. The van der Waals surface area contributed by atoms with Crippen molar-refractivity contribution in [2.45, 2.75) is 213 Å². The minimum Gasteiger partial charge on any atom is -0.481 e. The quantitative estimate of drug-likeness (QED) is 0.0815. The first-order valence-corrected chi connectivity index (χ1v) is 17.9. The van der Waals surface area contributed by atoms with Gasteiger partial charge in [-0.15, -0.1) is 0 Å². The lowest BCUT2D eigenvalue weighted by Gasteiger charge is -2.12. The molecule has 0 spiro atoms. The van der Waals surface area contributed by atoms with Crippen LogP contribution in [0.2, 0.25) is 0 Å². The molecule has 0 radical (unpaired) electrons. The molecule has 240 valence electrons. The average molecular weight is 569 g/mol. The van der Waals surface area contributed by atoms with Gasteiger partial charge >= 0.3 is 11.9 Å². The zero-order chi connectivity index (χ0) is 29.9. The standard InChI is InChI=1S/2C18H36O2/c1-3-5-7-9-11-13-15-17(18(19)20)16-14-12-10-8-6-4-2;1-2-3-4-5-6-7-8-9-10-11-12-13-14-15-16-17-18(19)20/h17H,3-16H2,1-2H3,(H,19,20);2-17H2,1H3,(H,19,20). The molecule has 0 aliphatic carbocycles. The van der Waals surface area contributed by atoms with E-state index in [0.717, 1.165) is 38.5 Å². The summed E-state index contributed by atoms with van der Waals surface area (Å²) in [5.74, 6) is -1.32. The molecule has 0 heterocycles. The second-order valence-corrected chi connectivity index (χ2v) is 12.2. The van der Waals surface area contributed by atoms with Gasteiger partial charge in [-0.25, -0.2) is 0 Å². The summed E-state index contributed by atoms with van der Waals surface area (Å²) >= 11 is 0. The Morgan fingerprint density at radius 3 is 0.900 bits per heavy atom. The van der Waals surface area contributed by atoms with E-state index in [1.807, 2.05) is 0 Å². The van der Waals surface area contributed by atoms with Crippen molar-refractivity contribution >= 4 is 11.9 Å². The normalized spacial score (nSPS) is 11.0. The molecule has 0 bridgehead atoms. The van der Waals surface area contributed by atoms with Gasteiger partial charge in [-0.05, 0) is 19.3 Å². The zero-order valence-corrected chi connectivity index (χ0v) is 27.5. The Labute approximate surface area is 250 Å². The highest BCUT2D eigenvalue weighted by Gasteiger charge is 2.16. The van der Waals surface area contributed by atoms with E-state index in [2.05, 4.69) is 20.8 Å². The zero-order valence-electron chi connectivity index (χ0n) is 27.5. The summed E-state index contributed by atoms with van der Waals surface area (Å²) in [4.78, 5) is 21.6. The van der Waals surface area contributed by atoms with E-state index in [9.17, 15) is 14.7 Å². The summed E-state index contributed by atoms with van der Waals surface area (Å²) in [7, 11) is 0. The number of carboxylic acids is 2. The highest BCUT2D eigenvalue weighted by Crippen LogP contribution is 2.19. The maximum absolute atomic E-state index is 11.2. The average Bonchev–Trinajstić information content (AvgIpc) is 2.93. The summed E-state index contributed by atoms with van der Waals surface area (Å²) in [6.07, 6.45) is 36.9. The molecule has 0 amide bonds. The first kappa shape index (κ1) is 41.1. The van der Waals surface area contributed by atoms with Crippen molar-refractivity contribution in [3.8, 4) is 0 Å². The summed E-state index contributed by atoms with van der Waals surface area (Å²) in [5.41, 5.74) is 0. The van der Waals surface area contributed by atoms with Crippen LogP contribution in [-0.4, -0.2) is 22.2 Å². The monoisotopic (exact) mass is 569 g/mol. The Kier molecular flexibility index (Phi) is 36.9. The van der Waals surface area contributed by atoms with E-state index in [4.69, 9.17) is 5.11 Å². The van der Waals surface area contributed by atoms with Crippen LogP contribution in [0.25, 0.3) is 0 Å². The van der Waals surface area contributed by atoms with Gasteiger partial charge in [-0.1, -0.05) is 188 Å². The molecule has 0 saturated carbocycles. The van der Waals surface area contributed by atoms with Gasteiger partial charge in [0.05, 0.1) is 5.92 Å². The van der Waals surface area contributed by atoms with Gasteiger partial charge in [-0.3, -0.25) is 9.59 Å². The van der Waals surface area contributed by atoms with Crippen LogP contribution in [0.3, 0.4) is 0 Å². The Bertz CT molecular complexity index is 489. The minimum atomic E-state index is -0.653. The highest BCUT2D eigenvalue weighted by molar-refractivity contribution is 5.69. The predicted octanol–water partition coefficient (Wildman–Crippen LogP) is 12.5. The van der Waals surface area contributed by atoms with Gasteiger partial charge < -0.3 is 10.2 Å². The number of carbonyl (C=O) groups is 2. The second-order valence-electron chi connectivity index (χ2n) is 12.2. The van der Waals surface area contributed by atoms with Gasteiger partial charge in [0.25, 0.3) is 0 Å². The van der Waals surface area contributed by atoms with Crippen LogP contribution in [-0.2, 0) is 9.59 Å². The Hall–Kier alpha value is -1.06. The Balaban J connectivity index is 0. The fourth-order valence-corrected chi connectivity index (χ4v) is 5.38. The van der Waals surface area contributed by atoms with E-state index >= 15 is 0 Å². The third-order valence-electron chi connectivity index (χ3n) is 8.16. The van der Waals surface area contributed by atoms with Crippen molar-refractivity contribution in [3.05, 3.63) is 0 Å². The molecule has 0 atom stereocenters. The van der Waals surface area contributed by atoms with Crippen LogP contribution >= 0.6 is 0 Å². The lowest BCUT2D eigenvalue weighted by Crippen LogP contribution is -2.13. The van der Waals surface area contributed by atoms with E-state index in [0.29, 0.717) is 6.42 Å². The van der Waals surface area contributed by atoms with Crippen molar-refractivity contribution in [3.63, 3.8) is 0 Å². The summed E-state index contributed by atoms with van der Waals surface area (Å²) in [6.45, 7) is 6.72. The molecule has 40 heavy (non-hydrogen) atoms. The molecule has 0 aromatic heterocycles. The lowest BCUT2D eigenvalue weighted by molar-refractivity contribution is -0.142. The number of hydrogen-bond donors (Lipinski definition) is 2. The van der Waals surface area contributed by atoms with Crippen molar-refractivity contribution in [1.82, 2.24) is 0 Å². The van der Waals surface area contributed by atoms with Gasteiger partial charge in [0, 0.05) is 6.42 Å². The molecule has 4 heteroatoms. The van der Waals surface area contributed by atoms with Gasteiger partial charge in [0.1, 0.15) is 0 Å². The number of carboxylic acid groups (broad SMARTS) is 2. The molecule has 0 aliphatic heterocycles. The summed E-state index contributed by atoms with van der Waals surface area (Å²) in [5, 5.41) is 17.8. The minimum absolute atomic E-state index is 0.0904. The van der Waals surface area contributed by atoms with Gasteiger partial charge in [-0.2, -0.15) is 0 Å². The van der Waals surface area contributed by atoms with E-state index in [-0.39, 0.29) is 5.92 Å². The number of rotatable bonds is 31. The van der Waals surface area contributed by atoms with Crippen LogP contribution in [0.15, 0.2) is 0 Å². The fraction of sp³-hybridized carbons (Fsp3) is 0.944. The molecule has 0 saturated heterocycles. The Morgan fingerprint density at radius 2 is 0.650 bits per heavy atom. The molecule has 0 fully saturated rings. The van der Waals surface area contributed by atoms with Gasteiger partial charge in [0.2, 0.25) is 0 Å². The molecular weight excluding hydrogens is 496 g/mol. The molecule has 0 aromatic carbocycles. The summed E-state index contributed by atoms with van der Waals surface area (Å²) in [6, 6.07) is 0.